The van der Waals surface area contributed by atoms with E-state index in [0.717, 1.165) is 34.6 Å². The van der Waals surface area contributed by atoms with E-state index in [2.05, 4.69) is 4.98 Å². The molecular weight excluding hydrogens is 435 g/mol. The molecule has 1 atom stereocenters. The Morgan fingerprint density at radius 1 is 1.21 bits per heavy atom. The molecule has 4 rings (SSSR count). The lowest BCUT2D eigenvalue weighted by Crippen LogP contribution is -2.38. The summed E-state index contributed by atoms with van der Waals surface area (Å²) >= 11 is 15.0. The highest BCUT2D eigenvalue weighted by Gasteiger charge is 2.26. The Bertz CT molecular complexity index is 972. The standard InChI is InChI=1S/C20H18Cl2N2O2S2/c21-13-3-6-16(7-4-13)27-12-19(25)24(11-15-2-1-9-26-15)20-23-17-8-5-14(22)10-18(17)28-20/h3-8,10,15H,1-2,9,11-12H2. The minimum atomic E-state index is 0.0144. The van der Waals surface area contributed by atoms with Crippen molar-refractivity contribution in [2.75, 3.05) is 23.8 Å². The van der Waals surface area contributed by atoms with Gasteiger partial charge in [0.05, 0.1) is 28.6 Å². The fourth-order valence-corrected chi connectivity index (χ4v) is 5.20. The van der Waals surface area contributed by atoms with Crippen LogP contribution >= 0.6 is 46.3 Å². The largest absolute Gasteiger partial charge is 0.376 e. The SMILES string of the molecule is O=C(CSc1ccc(Cl)cc1)N(CC1CCCO1)c1nc2ccc(Cl)cc2s1. The zero-order valence-electron chi connectivity index (χ0n) is 14.9. The van der Waals surface area contributed by atoms with Crippen molar-refractivity contribution in [1.29, 1.82) is 0 Å². The third-order valence-corrected chi connectivity index (χ3v) is 6.98. The van der Waals surface area contributed by atoms with E-state index in [0.29, 0.717) is 27.5 Å². The lowest BCUT2D eigenvalue weighted by Gasteiger charge is -2.23. The molecule has 0 radical (unpaired) electrons. The number of aromatic nitrogens is 1. The monoisotopic (exact) mass is 452 g/mol. The molecule has 1 fully saturated rings. The van der Waals surface area contributed by atoms with Crippen molar-refractivity contribution >= 4 is 67.6 Å². The summed E-state index contributed by atoms with van der Waals surface area (Å²) < 4.78 is 6.73. The number of fused-ring (bicyclic) bond motifs is 1. The van der Waals surface area contributed by atoms with Crippen molar-refractivity contribution in [3.8, 4) is 0 Å². The van der Waals surface area contributed by atoms with Crippen molar-refractivity contribution in [3.05, 3.63) is 52.5 Å². The summed E-state index contributed by atoms with van der Waals surface area (Å²) in [4.78, 5) is 20.5. The number of halogens is 2. The average molecular weight is 453 g/mol. The average Bonchev–Trinajstić information content (AvgIpc) is 3.34. The number of thiazole rings is 1. The summed E-state index contributed by atoms with van der Waals surface area (Å²) in [7, 11) is 0. The highest BCUT2D eigenvalue weighted by molar-refractivity contribution is 8.00. The number of carbonyl (C=O) groups is 1. The molecule has 4 nitrogen and oxygen atoms in total. The molecule has 146 valence electrons. The predicted octanol–water partition coefficient (Wildman–Crippen LogP) is 5.91. The molecule has 0 bridgehead atoms. The number of thioether (sulfide) groups is 1. The summed E-state index contributed by atoms with van der Waals surface area (Å²) in [5.74, 6) is 0.339. The van der Waals surface area contributed by atoms with Crippen molar-refractivity contribution in [2.24, 2.45) is 0 Å². The van der Waals surface area contributed by atoms with Gasteiger partial charge in [-0.1, -0.05) is 34.5 Å². The maximum absolute atomic E-state index is 13.1. The van der Waals surface area contributed by atoms with Gasteiger partial charge in [0.2, 0.25) is 5.91 Å². The number of ether oxygens (including phenoxy) is 1. The number of benzene rings is 2. The smallest absolute Gasteiger partial charge is 0.239 e. The summed E-state index contributed by atoms with van der Waals surface area (Å²) in [6.45, 7) is 1.27. The van der Waals surface area contributed by atoms with E-state index in [1.807, 2.05) is 42.5 Å². The van der Waals surface area contributed by atoms with Gasteiger partial charge in [-0.3, -0.25) is 9.69 Å². The first kappa shape index (κ1) is 20.0. The maximum Gasteiger partial charge on any atom is 0.239 e. The second-order valence-corrected chi connectivity index (χ2v) is 9.42. The minimum Gasteiger partial charge on any atom is -0.376 e. The van der Waals surface area contributed by atoms with E-state index in [9.17, 15) is 4.79 Å². The van der Waals surface area contributed by atoms with Crippen LogP contribution in [-0.2, 0) is 9.53 Å². The van der Waals surface area contributed by atoms with Gasteiger partial charge in [-0.15, -0.1) is 11.8 Å². The Morgan fingerprint density at radius 2 is 2.00 bits per heavy atom. The Labute approximate surface area is 181 Å². The lowest BCUT2D eigenvalue weighted by atomic mass is 10.2. The van der Waals surface area contributed by atoms with Crippen LogP contribution in [0.3, 0.4) is 0 Å². The third kappa shape index (κ3) is 4.81. The van der Waals surface area contributed by atoms with Gasteiger partial charge >= 0.3 is 0 Å². The molecule has 2 heterocycles. The molecule has 2 aromatic carbocycles. The first-order valence-electron chi connectivity index (χ1n) is 8.95. The van der Waals surface area contributed by atoms with Gasteiger partial charge in [-0.2, -0.15) is 0 Å². The van der Waals surface area contributed by atoms with E-state index in [4.69, 9.17) is 27.9 Å². The van der Waals surface area contributed by atoms with Gasteiger partial charge in [0.15, 0.2) is 5.13 Å². The molecule has 1 aliphatic heterocycles. The predicted molar refractivity (Wildman–Crippen MR) is 118 cm³/mol. The number of hydrogen-bond donors (Lipinski definition) is 0. The van der Waals surface area contributed by atoms with Crippen LogP contribution in [0.4, 0.5) is 5.13 Å². The second kappa shape index (κ2) is 9.01. The third-order valence-electron chi connectivity index (χ3n) is 4.46. The number of carbonyl (C=O) groups excluding carboxylic acids is 1. The molecule has 3 aromatic rings. The van der Waals surface area contributed by atoms with Crippen LogP contribution in [0.5, 0.6) is 0 Å². The molecule has 1 aromatic heterocycles. The molecule has 0 saturated carbocycles. The van der Waals surface area contributed by atoms with Gasteiger partial charge in [0.25, 0.3) is 0 Å². The van der Waals surface area contributed by atoms with Crippen LogP contribution in [0, 0.1) is 0 Å². The van der Waals surface area contributed by atoms with Gasteiger partial charge in [-0.05, 0) is 55.3 Å². The van der Waals surface area contributed by atoms with E-state index in [1.165, 1.54) is 23.1 Å². The number of anilines is 1. The Kier molecular flexibility index (Phi) is 6.43. The molecule has 1 amide bonds. The van der Waals surface area contributed by atoms with Crippen molar-refractivity contribution < 1.29 is 9.53 Å². The highest BCUT2D eigenvalue weighted by Crippen LogP contribution is 2.32. The second-order valence-electron chi connectivity index (χ2n) is 6.49. The molecule has 0 N–H and O–H groups in total. The highest BCUT2D eigenvalue weighted by atomic mass is 35.5. The first-order chi connectivity index (χ1) is 13.6. The first-order valence-corrected chi connectivity index (χ1v) is 11.5. The number of amides is 1. The quantitative estimate of drug-likeness (QED) is 0.436. The number of rotatable bonds is 6. The lowest BCUT2D eigenvalue weighted by molar-refractivity contribution is -0.116. The van der Waals surface area contributed by atoms with Crippen LogP contribution in [0.15, 0.2) is 47.4 Å². The minimum absolute atomic E-state index is 0.0144. The van der Waals surface area contributed by atoms with Crippen LogP contribution in [0.2, 0.25) is 10.0 Å². The maximum atomic E-state index is 13.1. The van der Waals surface area contributed by atoms with Crippen molar-refractivity contribution in [1.82, 2.24) is 4.98 Å². The molecule has 0 spiro atoms. The van der Waals surface area contributed by atoms with Crippen LogP contribution in [0.1, 0.15) is 12.8 Å². The van der Waals surface area contributed by atoms with Gasteiger partial charge in [0.1, 0.15) is 0 Å². The van der Waals surface area contributed by atoms with E-state index >= 15 is 0 Å². The number of nitrogens with zero attached hydrogens (tertiary/aromatic N) is 2. The molecule has 28 heavy (non-hydrogen) atoms. The van der Waals surface area contributed by atoms with E-state index in [1.54, 1.807) is 4.90 Å². The summed E-state index contributed by atoms with van der Waals surface area (Å²) in [5.41, 5.74) is 0.847. The Balaban J connectivity index is 1.54. The fraction of sp³-hybridized carbons (Fsp3) is 0.300. The molecule has 1 saturated heterocycles. The fourth-order valence-electron chi connectivity index (χ4n) is 3.03. The van der Waals surface area contributed by atoms with Gasteiger partial charge < -0.3 is 4.74 Å². The normalized spacial score (nSPS) is 16.6. The van der Waals surface area contributed by atoms with Crippen LogP contribution in [-0.4, -0.2) is 35.9 Å². The van der Waals surface area contributed by atoms with Crippen LogP contribution < -0.4 is 4.90 Å². The van der Waals surface area contributed by atoms with Crippen molar-refractivity contribution in [3.63, 3.8) is 0 Å². The molecule has 1 unspecified atom stereocenters. The summed E-state index contributed by atoms with van der Waals surface area (Å²) in [5, 5.41) is 2.04. The molecule has 8 heteroatoms. The Hall–Kier alpha value is -1.31. The zero-order valence-corrected chi connectivity index (χ0v) is 18.1. The van der Waals surface area contributed by atoms with Crippen LogP contribution in [0.25, 0.3) is 10.2 Å². The summed E-state index contributed by atoms with van der Waals surface area (Å²) in [6, 6.07) is 13.1. The molecule has 0 aliphatic carbocycles. The van der Waals surface area contributed by atoms with E-state index < -0.39 is 0 Å². The topological polar surface area (TPSA) is 42.4 Å². The van der Waals surface area contributed by atoms with Gasteiger partial charge in [0, 0.05) is 21.5 Å². The zero-order chi connectivity index (χ0) is 19.5. The van der Waals surface area contributed by atoms with E-state index in [-0.39, 0.29) is 12.0 Å². The van der Waals surface area contributed by atoms with Crippen molar-refractivity contribution in [2.45, 2.75) is 23.8 Å². The Morgan fingerprint density at radius 3 is 2.75 bits per heavy atom. The molecular formula is C20H18Cl2N2O2S2. The summed E-state index contributed by atoms with van der Waals surface area (Å²) in [6.07, 6.45) is 2.05. The van der Waals surface area contributed by atoms with Gasteiger partial charge in [-0.25, -0.2) is 4.98 Å². The number of hydrogen-bond acceptors (Lipinski definition) is 5. The molecule has 1 aliphatic rings.